The molecular formula is C28H28ClF2NO2. The number of halogens is 3. The minimum Gasteiger partial charge on any atom is -0.466 e. The normalized spacial score (nSPS) is 15.9. The van der Waals surface area contributed by atoms with Crippen LogP contribution in [0.5, 0.6) is 0 Å². The van der Waals surface area contributed by atoms with E-state index in [9.17, 15) is 13.6 Å². The maximum Gasteiger partial charge on any atom is 0.306 e. The van der Waals surface area contributed by atoms with Gasteiger partial charge in [0.05, 0.1) is 23.7 Å². The lowest BCUT2D eigenvalue weighted by molar-refractivity contribution is -0.158. The highest BCUT2D eigenvalue weighted by atomic mass is 35.5. The third-order valence-corrected chi connectivity index (χ3v) is 6.63. The number of hydrogen-bond acceptors (Lipinski definition) is 3. The van der Waals surface area contributed by atoms with Gasteiger partial charge in [-0.15, -0.1) is 0 Å². The van der Waals surface area contributed by atoms with Gasteiger partial charge in [-0.25, -0.2) is 8.78 Å². The Balaban J connectivity index is 1.71. The van der Waals surface area contributed by atoms with E-state index >= 15 is 0 Å². The van der Waals surface area contributed by atoms with E-state index in [0.717, 1.165) is 16.8 Å². The minimum atomic E-state index is -2.79. The van der Waals surface area contributed by atoms with E-state index < -0.39 is 17.3 Å². The van der Waals surface area contributed by atoms with Crippen LogP contribution in [0.1, 0.15) is 42.9 Å². The highest BCUT2D eigenvalue weighted by molar-refractivity contribution is 6.33. The van der Waals surface area contributed by atoms with Crippen LogP contribution in [-0.2, 0) is 28.0 Å². The van der Waals surface area contributed by atoms with Crippen LogP contribution >= 0.6 is 11.6 Å². The Bertz CT molecular complexity index is 1070. The maximum absolute atomic E-state index is 14.1. The van der Waals surface area contributed by atoms with Gasteiger partial charge in [0.15, 0.2) is 0 Å². The van der Waals surface area contributed by atoms with E-state index in [1.165, 1.54) is 0 Å². The summed E-state index contributed by atoms with van der Waals surface area (Å²) in [6.45, 7) is 3.13. The molecule has 0 atom stereocenters. The molecule has 0 radical (unpaired) electrons. The molecule has 0 spiro atoms. The van der Waals surface area contributed by atoms with E-state index in [1.807, 2.05) is 66.7 Å². The lowest BCUT2D eigenvalue weighted by Crippen LogP contribution is -2.50. The van der Waals surface area contributed by atoms with Crippen molar-refractivity contribution in [3.05, 3.63) is 101 Å². The van der Waals surface area contributed by atoms with E-state index in [4.69, 9.17) is 16.3 Å². The first kappa shape index (κ1) is 24.2. The molecule has 34 heavy (non-hydrogen) atoms. The number of anilines is 1. The fourth-order valence-corrected chi connectivity index (χ4v) is 5.01. The molecule has 178 valence electrons. The second-order valence-electron chi connectivity index (χ2n) is 8.97. The number of rotatable bonds is 9. The van der Waals surface area contributed by atoms with Gasteiger partial charge in [-0.1, -0.05) is 78.3 Å². The Kier molecular flexibility index (Phi) is 7.22. The van der Waals surface area contributed by atoms with Gasteiger partial charge in [-0.2, -0.15) is 0 Å². The van der Waals surface area contributed by atoms with Crippen molar-refractivity contribution in [1.29, 1.82) is 0 Å². The highest BCUT2D eigenvalue weighted by Crippen LogP contribution is 2.56. The minimum absolute atomic E-state index is 0.0745. The second-order valence-corrected chi connectivity index (χ2v) is 9.37. The molecule has 3 aromatic rings. The van der Waals surface area contributed by atoms with Crippen LogP contribution < -0.4 is 4.90 Å². The molecule has 1 aliphatic rings. The smallest absolute Gasteiger partial charge is 0.306 e. The van der Waals surface area contributed by atoms with Crippen molar-refractivity contribution in [3.8, 4) is 0 Å². The quantitative estimate of drug-likeness (QED) is 0.302. The van der Waals surface area contributed by atoms with Gasteiger partial charge >= 0.3 is 5.97 Å². The van der Waals surface area contributed by atoms with E-state index in [2.05, 4.69) is 4.90 Å². The van der Waals surface area contributed by atoms with Gasteiger partial charge in [-0.3, -0.25) is 4.79 Å². The van der Waals surface area contributed by atoms with Crippen LogP contribution in [-0.4, -0.2) is 18.5 Å². The summed E-state index contributed by atoms with van der Waals surface area (Å²) in [5.74, 6) is -3.25. The molecule has 3 aromatic carbocycles. The Labute approximate surface area is 204 Å². The largest absolute Gasteiger partial charge is 0.466 e. The van der Waals surface area contributed by atoms with Crippen molar-refractivity contribution in [2.75, 3.05) is 11.5 Å². The molecule has 4 rings (SSSR count). The zero-order valence-electron chi connectivity index (χ0n) is 19.1. The van der Waals surface area contributed by atoms with Gasteiger partial charge in [0, 0.05) is 31.3 Å². The molecule has 1 saturated carbocycles. The zero-order valence-corrected chi connectivity index (χ0v) is 19.9. The molecule has 0 saturated heterocycles. The van der Waals surface area contributed by atoms with Crippen LogP contribution in [0.25, 0.3) is 0 Å². The summed E-state index contributed by atoms with van der Waals surface area (Å²) in [5.41, 5.74) is 2.70. The maximum atomic E-state index is 14.1. The van der Waals surface area contributed by atoms with Crippen molar-refractivity contribution in [1.82, 2.24) is 0 Å². The summed E-state index contributed by atoms with van der Waals surface area (Å²) < 4.78 is 33.3. The van der Waals surface area contributed by atoms with Crippen LogP contribution in [0.4, 0.5) is 14.5 Å². The van der Waals surface area contributed by atoms with Crippen molar-refractivity contribution in [2.24, 2.45) is 0 Å². The summed E-state index contributed by atoms with van der Waals surface area (Å²) in [6.07, 6.45) is -0.830. The molecular weight excluding hydrogens is 456 g/mol. The monoisotopic (exact) mass is 483 g/mol. The van der Waals surface area contributed by atoms with E-state index in [-0.39, 0.29) is 25.9 Å². The lowest BCUT2D eigenvalue weighted by Gasteiger charge is -2.47. The first-order valence-corrected chi connectivity index (χ1v) is 11.8. The number of esters is 1. The summed E-state index contributed by atoms with van der Waals surface area (Å²) in [5, 5.41) is 0.535. The summed E-state index contributed by atoms with van der Waals surface area (Å²) in [6, 6.07) is 25.5. The lowest BCUT2D eigenvalue weighted by atomic mass is 9.60. The number of nitrogens with zero attached hydrogens (tertiary/aromatic N) is 1. The number of ether oxygens (including phenoxy) is 1. The number of alkyl halides is 2. The average molecular weight is 484 g/mol. The van der Waals surface area contributed by atoms with Crippen molar-refractivity contribution < 1.29 is 18.3 Å². The first-order chi connectivity index (χ1) is 16.3. The van der Waals surface area contributed by atoms with Crippen LogP contribution in [0.3, 0.4) is 0 Å². The topological polar surface area (TPSA) is 29.5 Å². The highest BCUT2D eigenvalue weighted by Gasteiger charge is 2.58. The molecule has 0 N–H and O–H groups in total. The predicted molar refractivity (Wildman–Crippen MR) is 131 cm³/mol. The third kappa shape index (κ3) is 5.58. The Morgan fingerprint density at radius 2 is 1.50 bits per heavy atom. The second kappa shape index (κ2) is 10.1. The third-order valence-electron chi connectivity index (χ3n) is 6.31. The van der Waals surface area contributed by atoms with Crippen molar-refractivity contribution in [2.45, 2.75) is 50.6 Å². The Morgan fingerprint density at radius 1 is 0.941 bits per heavy atom. The molecule has 1 fully saturated rings. The van der Waals surface area contributed by atoms with Crippen LogP contribution in [0.2, 0.25) is 5.02 Å². The summed E-state index contributed by atoms with van der Waals surface area (Å²) >= 11 is 6.66. The number of benzene rings is 3. The number of hydrogen-bond donors (Lipinski definition) is 0. The first-order valence-electron chi connectivity index (χ1n) is 11.5. The molecule has 1 aliphatic carbocycles. The molecule has 3 nitrogen and oxygen atoms in total. The van der Waals surface area contributed by atoms with Gasteiger partial charge in [0.1, 0.15) is 0 Å². The molecule has 0 heterocycles. The number of carbonyl (C=O) groups excluding carboxylic acids is 1. The van der Waals surface area contributed by atoms with Gasteiger partial charge in [-0.05, 0) is 35.7 Å². The fourth-order valence-electron chi connectivity index (χ4n) is 4.78. The summed E-state index contributed by atoms with van der Waals surface area (Å²) in [7, 11) is 0. The molecule has 0 aliphatic heterocycles. The van der Waals surface area contributed by atoms with E-state index in [1.54, 1.807) is 19.1 Å². The SMILES string of the molecule is CCOC(=O)CC1(c2ccc(Cl)c(N(Cc3ccccc3)Cc3ccccc3)c2)CC(F)(F)C1. The van der Waals surface area contributed by atoms with Crippen molar-refractivity contribution >= 4 is 23.3 Å². The van der Waals surface area contributed by atoms with Gasteiger partial charge < -0.3 is 9.64 Å². The average Bonchev–Trinajstić information content (AvgIpc) is 2.79. The predicted octanol–water partition coefficient (Wildman–Crippen LogP) is 7.17. The zero-order chi connectivity index (χ0) is 24.2. The Morgan fingerprint density at radius 3 is 2.00 bits per heavy atom. The fraction of sp³-hybridized carbons (Fsp3) is 0.321. The summed E-state index contributed by atoms with van der Waals surface area (Å²) in [4.78, 5) is 14.4. The van der Waals surface area contributed by atoms with E-state index in [0.29, 0.717) is 23.7 Å². The van der Waals surface area contributed by atoms with Crippen molar-refractivity contribution in [3.63, 3.8) is 0 Å². The molecule has 0 amide bonds. The number of carbonyl (C=O) groups is 1. The molecule has 0 unspecified atom stereocenters. The molecule has 6 heteroatoms. The molecule has 0 bridgehead atoms. The van der Waals surface area contributed by atoms with Gasteiger partial charge in [0.2, 0.25) is 5.92 Å². The van der Waals surface area contributed by atoms with Crippen LogP contribution in [0, 0.1) is 0 Å². The molecule has 0 aromatic heterocycles. The van der Waals surface area contributed by atoms with Gasteiger partial charge in [0.25, 0.3) is 0 Å². The Hall–Kier alpha value is -2.92. The van der Waals surface area contributed by atoms with Crippen LogP contribution in [0.15, 0.2) is 78.9 Å². The standard InChI is InChI=1S/C28H28ClF2NO2/c1-2-34-26(33)16-27(19-28(30,31)20-27)23-13-14-24(29)25(15-23)32(17-21-9-5-3-6-10-21)18-22-11-7-4-8-12-22/h3-15H,2,16-20H2,1H3.